The van der Waals surface area contributed by atoms with Crippen LogP contribution in [0.1, 0.15) is 30.0 Å². The summed E-state index contributed by atoms with van der Waals surface area (Å²) in [5.41, 5.74) is 2.63. The lowest BCUT2D eigenvalue weighted by molar-refractivity contribution is 0.191. The van der Waals surface area contributed by atoms with Crippen LogP contribution in [0.5, 0.6) is 5.75 Å². The molecule has 0 bridgehead atoms. The second-order valence-corrected chi connectivity index (χ2v) is 5.59. The van der Waals surface area contributed by atoms with E-state index >= 15 is 0 Å². The van der Waals surface area contributed by atoms with E-state index in [-0.39, 0.29) is 0 Å². The average Bonchev–Trinajstić information content (AvgIpc) is 2.36. The topological polar surface area (TPSA) is 55.2 Å². The standard InChI is InChI=1S/C15H18N2O2S/c1-9-8-10(2)17-15(16-9)20-13-7-5-6-12(19-4)14(13)11(3)18/h5-8,11,18H,1-4H3/t11-/m0/s1. The lowest BCUT2D eigenvalue weighted by Gasteiger charge is -2.15. The summed E-state index contributed by atoms with van der Waals surface area (Å²) in [6.07, 6.45) is -0.612. The summed E-state index contributed by atoms with van der Waals surface area (Å²) in [6.45, 7) is 5.62. The van der Waals surface area contributed by atoms with Crippen LogP contribution < -0.4 is 4.74 Å². The number of rotatable bonds is 4. The fourth-order valence-electron chi connectivity index (χ4n) is 2.04. The van der Waals surface area contributed by atoms with E-state index in [2.05, 4.69) is 9.97 Å². The van der Waals surface area contributed by atoms with E-state index in [0.717, 1.165) is 21.8 Å². The Hall–Kier alpha value is -1.59. The van der Waals surface area contributed by atoms with Gasteiger partial charge in [-0.25, -0.2) is 9.97 Å². The average molecular weight is 290 g/mol. The van der Waals surface area contributed by atoms with Gasteiger partial charge in [0.25, 0.3) is 0 Å². The van der Waals surface area contributed by atoms with Crippen LogP contribution in [0, 0.1) is 13.8 Å². The van der Waals surface area contributed by atoms with Crippen LogP contribution in [0.3, 0.4) is 0 Å². The molecule has 20 heavy (non-hydrogen) atoms. The molecular weight excluding hydrogens is 272 g/mol. The first-order valence-electron chi connectivity index (χ1n) is 6.36. The molecule has 0 radical (unpaired) electrons. The lowest BCUT2D eigenvalue weighted by atomic mass is 10.1. The fourth-order valence-corrected chi connectivity index (χ4v) is 3.14. The van der Waals surface area contributed by atoms with Gasteiger partial charge in [0.15, 0.2) is 5.16 Å². The van der Waals surface area contributed by atoms with E-state index < -0.39 is 6.10 Å². The summed E-state index contributed by atoms with van der Waals surface area (Å²) < 4.78 is 5.32. The van der Waals surface area contributed by atoms with Crippen LogP contribution in [0.4, 0.5) is 0 Å². The molecule has 1 atom stereocenters. The van der Waals surface area contributed by atoms with Gasteiger partial charge in [-0.1, -0.05) is 6.07 Å². The molecule has 0 unspecified atom stereocenters. The van der Waals surface area contributed by atoms with Gasteiger partial charge < -0.3 is 9.84 Å². The predicted octanol–water partition coefficient (Wildman–Crippen LogP) is 3.31. The van der Waals surface area contributed by atoms with Crippen LogP contribution in [-0.4, -0.2) is 22.2 Å². The van der Waals surface area contributed by atoms with Gasteiger partial charge >= 0.3 is 0 Å². The predicted molar refractivity (Wildman–Crippen MR) is 79.3 cm³/mol. The third kappa shape index (κ3) is 3.29. The molecule has 0 saturated carbocycles. The SMILES string of the molecule is COc1cccc(Sc2nc(C)cc(C)n2)c1[C@H](C)O. The monoisotopic (exact) mass is 290 g/mol. The second-order valence-electron chi connectivity index (χ2n) is 4.58. The molecule has 5 heteroatoms. The molecule has 106 valence electrons. The molecular formula is C15H18N2O2S. The third-order valence-electron chi connectivity index (χ3n) is 2.83. The van der Waals surface area contributed by atoms with E-state index in [0.29, 0.717) is 10.9 Å². The Morgan fingerprint density at radius 1 is 1.20 bits per heavy atom. The van der Waals surface area contributed by atoms with Crippen LogP contribution in [-0.2, 0) is 0 Å². The minimum Gasteiger partial charge on any atom is -0.496 e. The second kappa shape index (κ2) is 6.24. The third-order valence-corrected chi connectivity index (χ3v) is 3.77. The summed E-state index contributed by atoms with van der Waals surface area (Å²) in [4.78, 5) is 9.74. The van der Waals surface area contributed by atoms with E-state index in [4.69, 9.17) is 4.74 Å². The first kappa shape index (κ1) is 14.8. The molecule has 0 amide bonds. The van der Waals surface area contributed by atoms with Gasteiger partial charge in [-0.15, -0.1) is 0 Å². The number of nitrogens with zero attached hydrogens (tertiary/aromatic N) is 2. The normalized spacial score (nSPS) is 12.2. The van der Waals surface area contributed by atoms with Gasteiger partial charge in [0.05, 0.1) is 13.2 Å². The van der Waals surface area contributed by atoms with Crippen molar-refractivity contribution in [2.24, 2.45) is 0 Å². The summed E-state index contributed by atoms with van der Waals surface area (Å²) in [7, 11) is 1.60. The van der Waals surface area contributed by atoms with E-state index in [1.807, 2.05) is 38.1 Å². The zero-order valence-electron chi connectivity index (χ0n) is 12.0. The van der Waals surface area contributed by atoms with Crippen molar-refractivity contribution < 1.29 is 9.84 Å². The maximum Gasteiger partial charge on any atom is 0.192 e. The summed E-state index contributed by atoms with van der Waals surface area (Å²) in [5, 5.41) is 10.6. The molecule has 0 aliphatic rings. The first-order valence-corrected chi connectivity index (χ1v) is 7.18. The lowest BCUT2D eigenvalue weighted by Crippen LogP contribution is -2.00. The number of aliphatic hydroxyl groups is 1. The van der Waals surface area contributed by atoms with Crippen molar-refractivity contribution in [2.45, 2.75) is 36.9 Å². The van der Waals surface area contributed by atoms with Crippen LogP contribution in [0.2, 0.25) is 0 Å². The van der Waals surface area contributed by atoms with Gasteiger partial charge in [0.2, 0.25) is 0 Å². The van der Waals surface area contributed by atoms with E-state index in [1.165, 1.54) is 11.8 Å². The van der Waals surface area contributed by atoms with Crippen molar-refractivity contribution in [1.29, 1.82) is 0 Å². The van der Waals surface area contributed by atoms with Crippen molar-refractivity contribution in [2.75, 3.05) is 7.11 Å². The van der Waals surface area contributed by atoms with Crippen molar-refractivity contribution in [3.8, 4) is 5.75 Å². The quantitative estimate of drug-likeness (QED) is 0.876. The molecule has 0 saturated heterocycles. The number of aryl methyl sites for hydroxylation is 2. The maximum absolute atomic E-state index is 9.97. The zero-order chi connectivity index (χ0) is 14.7. The molecule has 2 aromatic rings. The molecule has 1 aromatic carbocycles. The molecule has 4 nitrogen and oxygen atoms in total. The molecule has 0 aliphatic heterocycles. The molecule has 1 aromatic heterocycles. The van der Waals surface area contributed by atoms with Crippen LogP contribution in [0.15, 0.2) is 34.3 Å². The van der Waals surface area contributed by atoms with Crippen LogP contribution in [0.25, 0.3) is 0 Å². The van der Waals surface area contributed by atoms with Gasteiger partial charge in [0, 0.05) is 21.8 Å². The summed E-state index contributed by atoms with van der Waals surface area (Å²) in [6, 6.07) is 7.62. The van der Waals surface area contributed by atoms with Crippen molar-refractivity contribution >= 4 is 11.8 Å². The Morgan fingerprint density at radius 2 is 1.85 bits per heavy atom. The fraction of sp³-hybridized carbons (Fsp3) is 0.333. The number of hydrogen-bond donors (Lipinski definition) is 1. The highest BCUT2D eigenvalue weighted by Gasteiger charge is 2.16. The highest BCUT2D eigenvalue weighted by molar-refractivity contribution is 7.99. The Bertz CT molecular complexity index is 595. The van der Waals surface area contributed by atoms with E-state index in [1.54, 1.807) is 14.0 Å². The zero-order valence-corrected chi connectivity index (χ0v) is 12.9. The highest BCUT2D eigenvalue weighted by atomic mass is 32.2. The molecule has 0 aliphatic carbocycles. The molecule has 1 N–H and O–H groups in total. The number of aromatic nitrogens is 2. The van der Waals surface area contributed by atoms with E-state index in [9.17, 15) is 5.11 Å². The van der Waals surface area contributed by atoms with Gasteiger partial charge in [-0.3, -0.25) is 0 Å². The Labute approximate surface area is 123 Å². The Kier molecular flexibility index (Phi) is 4.62. The number of benzene rings is 1. The minimum absolute atomic E-state index is 0.612. The highest BCUT2D eigenvalue weighted by Crippen LogP contribution is 2.37. The smallest absolute Gasteiger partial charge is 0.192 e. The van der Waals surface area contributed by atoms with Gasteiger partial charge in [-0.2, -0.15) is 0 Å². The molecule has 2 rings (SSSR count). The molecule has 1 heterocycles. The minimum atomic E-state index is -0.612. The van der Waals surface area contributed by atoms with Crippen molar-refractivity contribution in [1.82, 2.24) is 9.97 Å². The first-order chi connectivity index (χ1) is 9.51. The van der Waals surface area contributed by atoms with Gasteiger partial charge in [0.1, 0.15) is 5.75 Å². The molecule has 0 spiro atoms. The summed E-state index contributed by atoms with van der Waals surface area (Å²) in [5.74, 6) is 0.675. The number of hydrogen-bond acceptors (Lipinski definition) is 5. The molecule has 0 fully saturated rings. The maximum atomic E-state index is 9.97. The number of ether oxygens (including phenoxy) is 1. The van der Waals surface area contributed by atoms with Crippen molar-refractivity contribution in [3.63, 3.8) is 0 Å². The summed E-state index contributed by atoms with van der Waals surface area (Å²) >= 11 is 1.44. The Balaban J connectivity index is 2.42. The number of methoxy groups -OCH3 is 1. The Morgan fingerprint density at radius 3 is 2.40 bits per heavy atom. The number of aliphatic hydroxyl groups excluding tert-OH is 1. The largest absolute Gasteiger partial charge is 0.496 e. The van der Waals surface area contributed by atoms with Crippen LogP contribution >= 0.6 is 11.8 Å². The van der Waals surface area contributed by atoms with Gasteiger partial charge in [-0.05, 0) is 50.7 Å². The van der Waals surface area contributed by atoms with Crippen molar-refractivity contribution in [3.05, 3.63) is 41.2 Å².